The minimum atomic E-state index is 0.126. The van der Waals surface area contributed by atoms with Crippen LogP contribution in [0.2, 0.25) is 0 Å². The predicted molar refractivity (Wildman–Crippen MR) is 87.0 cm³/mol. The fourth-order valence-electron chi connectivity index (χ4n) is 3.03. The van der Waals surface area contributed by atoms with Crippen molar-refractivity contribution in [2.75, 3.05) is 11.4 Å². The summed E-state index contributed by atoms with van der Waals surface area (Å²) in [6.45, 7) is 2.73. The summed E-state index contributed by atoms with van der Waals surface area (Å²) in [4.78, 5) is 22.2. The number of rotatable bonds is 2. The molecule has 22 heavy (non-hydrogen) atoms. The Kier molecular flexibility index (Phi) is 2.96. The van der Waals surface area contributed by atoms with Crippen LogP contribution in [-0.2, 0) is 4.79 Å². The van der Waals surface area contributed by atoms with Gasteiger partial charge in [-0.2, -0.15) is 0 Å². The maximum Gasteiger partial charge on any atom is 0.227 e. The monoisotopic (exact) mass is 291 g/mol. The maximum absolute atomic E-state index is 12.3. The number of aryl methyl sites for hydroxylation is 1. The van der Waals surface area contributed by atoms with E-state index in [0.29, 0.717) is 13.0 Å². The largest absolute Gasteiger partial charge is 0.342 e. The average molecular weight is 291 g/mol. The first kappa shape index (κ1) is 13.1. The molecule has 2 aromatic carbocycles. The number of hydrogen-bond acceptors (Lipinski definition) is 2. The number of carbonyl (C=O) groups excluding carboxylic acids is 1. The minimum Gasteiger partial charge on any atom is -0.342 e. The first-order valence-corrected chi connectivity index (χ1v) is 7.52. The van der Waals surface area contributed by atoms with Gasteiger partial charge >= 0.3 is 0 Å². The maximum atomic E-state index is 12.3. The van der Waals surface area contributed by atoms with Gasteiger partial charge in [0.2, 0.25) is 5.91 Å². The smallest absolute Gasteiger partial charge is 0.227 e. The first-order valence-electron chi connectivity index (χ1n) is 7.52. The second-order valence-corrected chi connectivity index (χ2v) is 5.88. The second-order valence-electron chi connectivity index (χ2n) is 5.88. The predicted octanol–water partition coefficient (Wildman–Crippen LogP) is 3.39. The van der Waals surface area contributed by atoms with E-state index in [0.717, 1.165) is 22.5 Å². The molecule has 0 saturated carbocycles. The lowest BCUT2D eigenvalue weighted by molar-refractivity contribution is -0.117. The van der Waals surface area contributed by atoms with Gasteiger partial charge in [0.05, 0.1) is 11.0 Å². The van der Waals surface area contributed by atoms with Gasteiger partial charge in [0.1, 0.15) is 5.82 Å². The van der Waals surface area contributed by atoms with E-state index in [2.05, 4.69) is 9.97 Å². The minimum absolute atomic E-state index is 0.126. The highest BCUT2D eigenvalue weighted by Crippen LogP contribution is 2.31. The molecule has 4 rings (SSSR count). The number of carbonyl (C=O) groups is 1. The number of anilines is 1. The number of aromatic amines is 1. The Morgan fingerprint density at radius 1 is 1.14 bits per heavy atom. The Labute approximate surface area is 128 Å². The number of amides is 1. The summed E-state index contributed by atoms with van der Waals surface area (Å²) in [5, 5.41) is 0. The van der Waals surface area contributed by atoms with Crippen LogP contribution in [0, 0.1) is 6.92 Å². The lowest BCUT2D eigenvalue weighted by Crippen LogP contribution is -2.24. The summed E-state index contributed by atoms with van der Waals surface area (Å²) < 4.78 is 0. The number of nitrogens with one attached hydrogen (secondary N) is 1. The zero-order valence-electron chi connectivity index (χ0n) is 12.4. The molecule has 0 spiro atoms. The summed E-state index contributed by atoms with van der Waals surface area (Å²) in [5.74, 6) is 1.19. The van der Waals surface area contributed by atoms with Crippen molar-refractivity contribution in [1.82, 2.24) is 9.97 Å². The summed E-state index contributed by atoms with van der Waals surface area (Å²) in [5.41, 5.74) is 4.15. The van der Waals surface area contributed by atoms with Gasteiger partial charge in [0, 0.05) is 24.6 Å². The number of aromatic nitrogens is 2. The van der Waals surface area contributed by atoms with Crippen LogP contribution in [0.4, 0.5) is 5.69 Å². The van der Waals surface area contributed by atoms with Crippen LogP contribution in [-0.4, -0.2) is 22.4 Å². The molecular weight excluding hydrogens is 274 g/mol. The van der Waals surface area contributed by atoms with Crippen molar-refractivity contribution in [3.05, 3.63) is 59.9 Å². The fraction of sp³-hybridized carbons (Fsp3) is 0.222. The third-order valence-corrected chi connectivity index (χ3v) is 4.27. The van der Waals surface area contributed by atoms with Crippen molar-refractivity contribution in [3.8, 4) is 0 Å². The molecule has 0 unspecified atom stereocenters. The Morgan fingerprint density at radius 3 is 2.68 bits per heavy atom. The molecule has 1 amide bonds. The number of H-pyrrole nitrogens is 1. The third-order valence-electron chi connectivity index (χ3n) is 4.27. The van der Waals surface area contributed by atoms with Gasteiger partial charge in [-0.05, 0) is 31.2 Å². The SMILES string of the molecule is Cc1ccc(N2C[C@@H](c3nc4ccccc4[nH]3)CC2=O)cc1. The van der Waals surface area contributed by atoms with Gasteiger partial charge < -0.3 is 9.88 Å². The van der Waals surface area contributed by atoms with E-state index in [1.807, 2.05) is 60.4 Å². The molecular formula is C18H17N3O. The normalized spacial score (nSPS) is 18.3. The summed E-state index contributed by atoms with van der Waals surface area (Å²) in [6.07, 6.45) is 0.508. The van der Waals surface area contributed by atoms with Crippen LogP contribution in [0.15, 0.2) is 48.5 Å². The van der Waals surface area contributed by atoms with E-state index in [1.165, 1.54) is 5.56 Å². The number of imidazole rings is 1. The molecule has 4 heteroatoms. The lowest BCUT2D eigenvalue weighted by Gasteiger charge is -2.16. The summed E-state index contributed by atoms with van der Waals surface area (Å²) >= 11 is 0. The zero-order valence-corrected chi connectivity index (χ0v) is 12.4. The first-order chi connectivity index (χ1) is 10.7. The Bertz CT molecular complexity index is 802. The van der Waals surface area contributed by atoms with Crippen LogP contribution in [0.3, 0.4) is 0 Å². The van der Waals surface area contributed by atoms with Crippen LogP contribution in [0.5, 0.6) is 0 Å². The van der Waals surface area contributed by atoms with Gasteiger partial charge in [-0.1, -0.05) is 29.8 Å². The number of nitrogens with zero attached hydrogens (tertiary/aromatic N) is 2. The standard InChI is InChI=1S/C18H17N3O/c1-12-6-8-14(9-7-12)21-11-13(10-17(21)22)18-19-15-4-2-3-5-16(15)20-18/h2-9,13H,10-11H2,1H3,(H,19,20)/t13-/m0/s1. The molecule has 0 bridgehead atoms. The molecule has 3 aromatic rings. The highest BCUT2D eigenvalue weighted by molar-refractivity contribution is 5.96. The molecule has 4 nitrogen and oxygen atoms in total. The van der Waals surface area contributed by atoms with Crippen LogP contribution in [0.1, 0.15) is 23.7 Å². The van der Waals surface area contributed by atoms with Gasteiger partial charge in [-0.3, -0.25) is 4.79 Å². The van der Waals surface area contributed by atoms with E-state index in [9.17, 15) is 4.79 Å². The van der Waals surface area contributed by atoms with E-state index >= 15 is 0 Å². The van der Waals surface area contributed by atoms with Gasteiger partial charge in [-0.25, -0.2) is 4.98 Å². The summed E-state index contributed by atoms with van der Waals surface area (Å²) in [7, 11) is 0. The van der Waals surface area contributed by atoms with E-state index in [-0.39, 0.29) is 11.8 Å². The highest BCUT2D eigenvalue weighted by atomic mass is 16.2. The van der Waals surface area contributed by atoms with E-state index in [4.69, 9.17) is 0 Å². The number of benzene rings is 2. The number of fused-ring (bicyclic) bond motifs is 1. The molecule has 0 radical (unpaired) electrons. The zero-order chi connectivity index (χ0) is 15.1. The quantitative estimate of drug-likeness (QED) is 0.786. The van der Waals surface area contributed by atoms with Crippen molar-refractivity contribution in [1.29, 1.82) is 0 Å². The van der Waals surface area contributed by atoms with E-state index in [1.54, 1.807) is 0 Å². The second kappa shape index (κ2) is 4.98. The number of para-hydroxylation sites is 2. The van der Waals surface area contributed by atoms with Crippen LogP contribution in [0.25, 0.3) is 11.0 Å². The van der Waals surface area contributed by atoms with Crippen LogP contribution < -0.4 is 4.90 Å². The Balaban J connectivity index is 1.62. The molecule has 0 aliphatic carbocycles. The summed E-state index contributed by atoms with van der Waals surface area (Å²) in [6, 6.07) is 16.1. The van der Waals surface area contributed by atoms with Crippen molar-refractivity contribution in [3.63, 3.8) is 0 Å². The molecule has 110 valence electrons. The molecule has 1 saturated heterocycles. The van der Waals surface area contributed by atoms with E-state index < -0.39 is 0 Å². The van der Waals surface area contributed by atoms with Crippen molar-refractivity contribution >= 4 is 22.6 Å². The molecule has 1 atom stereocenters. The number of hydrogen-bond donors (Lipinski definition) is 1. The Hall–Kier alpha value is -2.62. The highest BCUT2D eigenvalue weighted by Gasteiger charge is 2.33. The third kappa shape index (κ3) is 2.17. The molecule has 1 aliphatic heterocycles. The molecule has 1 fully saturated rings. The average Bonchev–Trinajstić information content (AvgIpc) is 3.11. The molecule has 1 aromatic heterocycles. The topological polar surface area (TPSA) is 49.0 Å². The fourth-order valence-corrected chi connectivity index (χ4v) is 3.03. The molecule has 1 N–H and O–H groups in total. The van der Waals surface area contributed by atoms with Gasteiger partial charge in [-0.15, -0.1) is 0 Å². The van der Waals surface area contributed by atoms with Crippen LogP contribution >= 0.6 is 0 Å². The molecule has 2 heterocycles. The Morgan fingerprint density at radius 2 is 1.91 bits per heavy atom. The van der Waals surface area contributed by atoms with Crippen molar-refractivity contribution in [2.24, 2.45) is 0 Å². The lowest BCUT2D eigenvalue weighted by atomic mass is 10.1. The molecule has 1 aliphatic rings. The van der Waals surface area contributed by atoms with Crippen molar-refractivity contribution in [2.45, 2.75) is 19.3 Å². The van der Waals surface area contributed by atoms with Gasteiger partial charge in [0.15, 0.2) is 0 Å². The van der Waals surface area contributed by atoms with Crippen molar-refractivity contribution < 1.29 is 4.79 Å². The van der Waals surface area contributed by atoms with Gasteiger partial charge in [0.25, 0.3) is 0 Å².